The smallest absolute Gasteiger partial charge is 0.238 e. The molecule has 1 aromatic heterocycles. The Morgan fingerprint density at radius 2 is 1.96 bits per heavy atom. The fraction of sp³-hybridized carbons (Fsp3) is 0.350. The quantitative estimate of drug-likeness (QED) is 0.761. The molecule has 142 valence electrons. The van der Waals surface area contributed by atoms with E-state index in [9.17, 15) is 9.59 Å². The number of likely N-dealkylation sites (tertiary alicyclic amines) is 1. The fourth-order valence-corrected chi connectivity index (χ4v) is 3.39. The molecule has 1 aromatic carbocycles. The number of pyridine rings is 1. The Kier molecular flexibility index (Phi) is 6.58. The third-order valence-corrected chi connectivity index (χ3v) is 5.57. The lowest BCUT2D eigenvalue weighted by Gasteiger charge is -2.30. The van der Waals surface area contributed by atoms with Crippen LogP contribution in [0, 0.1) is 12.8 Å². The highest BCUT2D eigenvalue weighted by Gasteiger charge is 2.26. The molecule has 0 atom stereocenters. The van der Waals surface area contributed by atoms with Crippen LogP contribution in [0.3, 0.4) is 0 Å². The van der Waals surface area contributed by atoms with Crippen molar-refractivity contribution in [2.24, 2.45) is 5.92 Å². The van der Waals surface area contributed by atoms with Crippen LogP contribution in [-0.4, -0.2) is 41.3 Å². The van der Waals surface area contributed by atoms with Crippen molar-refractivity contribution in [1.29, 1.82) is 0 Å². The van der Waals surface area contributed by atoms with Gasteiger partial charge in [0.15, 0.2) is 0 Å². The van der Waals surface area contributed by atoms with Gasteiger partial charge < -0.3 is 10.6 Å². The van der Waals surface area contributed by atoms with E-state index in [-0.39, 0.29) is 17.7 Å². The molecule has 0 saturated carbocycles. The van der Waals surface area contributed by atoms with Gasteiger partial charge in [-0.3, -0.25) is 14.5 Å². The number of hydrogen-bond donors (Lipinski definition) is 2. The van der Waals surface area contributed by atoms with E-state index in [1.165, 1.54) is 0 Å². The van der Waals surface area contributed by atoms with Gasteiger partial charge in [0.2, 0.25) is 11.8 Å². The van der Waals surface area contributed by atoms with Gasteiger partial charge in [-0.05, 0) is 68.8 Å². The first-order chi connectivity index (χ1) is 13.0. The summed E-state index contributed by atoms with van der Waals surface area (Å²) in [5, 5.41) is 5.79. The van der Waals surface area contributed by atoms with Gasteiger partial charge in [0.05, 0.1) is 6.54 Å². The molecule has 6 nitrogen and oxygen atoms in total. The minimum atomic E-state index is -0.0413. The molecule has 2 aromatic rings. The Hall–Kier alpha value is -2.25. The third kappa shape index (κ3) is 5.61. The van der Waals surface area contributed by atoms with Crippen molar-refractivity contribution in [3.05, 3.63) is 52.6 Å². The molecule has 0 radical (unpaired) electrons. The molecule has 0 unspecified atom stereocenters. The van der Waals surface area contributed by atoms with E-state index in [2.05, 4.69) is 36.4 Å². The van der Waals surface area contributed by atoms with Crippen LogP contribution in [0.5, 0.6) is 0 Å². The summed E-state index contributed by atoms with van der Waals surface area (Å²) in [5.41, 5.74) is 1.87. The van der Waals surface area contributed by atoms with E-state index in [4.69, 9.17) is 0 Å². The largest absolute Gasteiger partial charge is 0.325 e. The van der Waals surface area contributed by atoms with Crippen LogP contribution in [0.15, 0.2) is 47.1 Å². The molecule has 1 saturated heterocycles. The lowest BCUT2D eigenvalue weighted by Crippen LogP contribution is -2.41. The number of hydrogen-bond acceptors (Lipinski definition) is 4. The highest BCUT2D eigenvalue weighted by molar-refractivity contribution is 9.10. The van der Waals surface area contributed by atoms with Gasteiger partial charge in [0.25, 0.3) is 0 Å². The summed E-state index contributed by atoms with van der Waals surface area (Å²) < 4.78 is 1.02. The predicted molar refractivity (Wildman–Crippen MR) is 110 cm³/mol. The monoisotopic (exact) mass is 430 g/mol. The number of aryl methyl sites for hydroxylation is 1. The number of piperidine rings is 1. The van der Waals surface area contributed by atoms with Crippen molar-refractivity contribution in [3.8, 4) is 0 Å². The van der Waals surface area contributed by atoms with Crippen LogP contribution < -0.4 is 10.6 Å². The van der Waals surface area contributed by atoms with E-state index >= 15 is 0 Å². The molecule has 0 bridgehead atoms. The summed E-state index contributed by atoms with van der Waals surface area (Å²) >= 11 is 3.46. The molecule has 7 heteroatoms. The maximum Gasteiger partial charge on any atom is 0.238 e. The Morgan fingerprint density at radius 3 is 2.63 bits per heavy atom. The van der Waals surface area contributed by atoms with Gasteiger partial charge in [-0.2, -0.15) is 0 Å². The number of anilines is 2. The normalized spacial score (nSPS) is 15.3. The lowest BCUT2D eigenvalue weighted by molar-refractivity contribution is -0.121. The summed E-state index contributed by atoms with van der Waals surface area (Å²) in [6, 6.07) is 11.2. The molecule has 1 fully saturated rings. The Labute approximate surface area is 167 Å². The van der Waals surface area contributed by atoms with Crippen molar-refractivity contribution in [3.63, 3.8) is 0 Å². The molecule has 1 aliphatic rings. The zero-order valence-electron chi connectivity index (χ0n) is 15.2. The second-order valence-electron chi connectivity index (χ2n) is 6.77. The average Bonchev–Trinajstić information content (AvgIpc) is 2.66. The number of carbonyl (C=O) groups is 2. The van der Waals surface area contributed by atoms with E-state index in [1.807, 2.05) is 37.3 Å². The summed E-state index contributed by atoms with van der Waals surface area (Å²) in [4.78, 5) is 30.8. The van der Waals surface area contributed by atoms with Gasteiger partial charge >= 0.3 is 0 Å². The van der Waals surface area contributed by atoms with Gasteiger partial charge in [-0.15, -0.1) is 0 Å². The second kappa shape index (κ2) is 9.10. The molecule has 0 spiro atoms. The van der Waals surface area contributed by atoms with Gasteiger partial charge in [-0.25, -0.2) is 4.98 Å². The summed E-state index contributed by atoms with van der Waals surface area (Å²) in [6.45, 7) is 3.78. The molecule has 3 rings (SSSR count). The van der Waals surface area contributed by atoms with Crippen molar-refractivity contribution < 1.29 is 9.59 Å². The first-order valence-electron chi connectivity index (χ1n) is 9.01. The second-order valence-corrected chi connectivity index (χ2v) is 7.62. The molecule has 2 N–H and O–H groups in total. The van der Waals surface area contributed by atoms with Crippen molar-refractivity contribution in [1.82, 2.24) is 9.88 Å². The molecule has 2 heterocycles. The predicted octanol–water partition coefficient (Wildman–Crippen LogP) is 3.44. The van der Waals surface area contributed by atoms with Gasteiger partial charge in [0, 0.05) is 22.3 Å². The molecule has 1 aliphatic heterocycles. The van der Waals surface area contributed by atoms with Gasteiger partial charge in [0.1, 0.15) is 5.82 Å². The maximum absolute atomic E-state index is 12.3. The Bertz CT molecular complexity index is 805. The molecule has 2 amide bonds. The highest BCUT2D eigenvalue weighted by Crippen LogP contribution is 2.21. The molecular weight excluding hydrogens is 408 g/mol. The number of amides is 2. The van der Waals surface area contributed by atoms with Crippen molar-refractivity contribution in [2.45, 2.75) is 19.8 Å². The van der Waals surface area contributed by atoms with Crippen molar-refractivity contribution >= 4 is 39.2 Å². The first-order valence-corrected chi connectivity index (χ1v) is 9.81. The van der Waals surface area contributed by atoms with Crippen molar-refractivity contribution in [2.75, 3.05) is 30.3 Å². The standard InChI is InChI=1S/C20H23BrN4O2/c1-14-12-16(5-6-17(14)21)23-19(26)13-25-10-7-15(8-11-25)20(27)24-18-4-2-3-9-22-18/h2-6,9,12,15H,7-8,10-11,13H2,1H3,(H,23,26)(H,22,24,27). The molecule has 0 aliphatic carbocycles. The zero-order valence-corrected chi connectivity index (χ0v) is 16.8. The number of nitrogens with one attached hydrogen (secondary N) is 2. The lowest BCUT2D eigenvalue weighted by atomic mass is 9.96. The van der Waals surface area contributed by atoms with E-state index in [0.717, 1.165) is 41.7 Å². The summed E-state index contributed by atoms with van der Waals surface area (Å²) in [6.07, 6.45) is 3.14. The SMILES string of the molecule is Cc1cc(NC(=O)CN2CCC(C(=O)Nc3ccccn3)CC2)ccc1Br. The Morgan fingerprint density at radius 1 is 1.19 bits per heavy atom. The number of nitrogens with zero attached hydrogens (tertiary/aromatic N) is 2. The number of halogens is 1. The summed E-state index contributed by atoms with van der Waals surface area (Å²) in [7, 11) is 0. The van der Waals surface area contributed by atoms with E-state index in [1.54, 1.807) is 12.3 Å². The first kappa shape index (κ1) is 19.5. The molecular formula is C20H23BrN4O2. The van der Waals surface area contributed by atoms with E-state index in [0.29, 0.717) is 12.4 Å². The minimum absolute atomic E-state index is 0.00291. The molecule has 27 heavy (non-hydrogen) atoms. The topological polar surface area (TPSA) is 74.3 Å². The van der Waals surface area contributed by atoms with Crippen LogP contribution in [0.4, 0.5) is 11.5 Å². The highest BCUT2D eigenvalue weighted by atomic mass is 79.9. The minimum Gasteiger partial charge on any atom is -0.325 e. The van der Waals surface area contributed by atoms with E-state index < -0.39 is 0 Å². The number of rotatable bonds is 5. The maximum atomic E-state index is 12.3. The fourth-order valence-electron chi connectivity index (χ4n) is 3.14. The van der Waals surface area contributed by atoms with Crippen LogP contribution in [0.1, 0.15) is 18.4 Å². The van der Waals surface area contributed by atoms with Crippen LogP contribution >= 0.6 is 15.9 Å². The number of benzene rings is 1. The van der Waals surface area contributed by atoms with Crippen LogP contribution in [-0.2, 0) is 9.59 Å². The Balaban J connectivity index is 1.44. The van der Waals surface area contributed by atoms with Gasteiger partial charge in [-0.1, -0.05) is 22.0 Å². The van der Waals surface area contributed by atoms with Crippen LogP contribution in [0.2, 0.25) is 0 Å². The number of carbonyl (C=O) groups excluding carboxylic acids is 2. The third-order valence-electron chi connectivity index (χ3n) is 4.68. The average molecular weight is 431 g/mol. The zero-order chi connectivity index (χ0) is 19.2. The summed E-state index contributed by atoms with van der Waals surface area (Å²) in [5.74, 6) is 0.505. The number of aromatic nitrogens is 1. The van der Waals surface area contributed by atoms with Crippen LogP contribution in [0.25, 0.3) is 0 Å².